The molecule has 0 saturated heterocycles. The molecule has 0 spiro atoms. The molecule has 2 aromatic heterocycles. The number of nitrogens with one attached hydrogen (secondary N) is 2. The second-order valence-corrected chi connectivity index (χ2v) is 9.13. The summed E-state index contributed by atoms with van der Waals surface area (Å²) in [5.41, 5.74) is 0.745. The standard InChI is InChI=1S/C25H28F6N4O2/c1-14-9-17-16-10-15(27)3-4-19(16)34-22(17)23(35(14)12-25(30,31)13-36)20-18(28)11-33-24(21(20)29)37-8-7-32-6-2-5-26/h3-4,10-11,14,23,32,34,36H,2,5-9,12-13H2,1H3/t14-,23?/m1/s1. The molecule has 0 amide bonds. The van der Waals surface area contributed by atoms with E-state index >= 15 is 8.78 Å². The van der Waals surface area contributed by atoms with Gasteiger partial charge in [-0.3, -0.25) is 9.29 Å². The number of aliphatic hydroxyl groups is 1. The Kier molecular flexibility index (Phi) is 8.29. The van der Waals surface area contributed by atoms with E-state index in [0.717, 1.165) is 6.20 Å². The number of aromatic amines is 1. The Labute approximate surface area is 209 Å². The Hall–Kier alpha value is -2.83. The van der Waals surface area contributed by atoms with E-state index in [1.807, 2.05) is 0 Å². The molecule has 2 atom stereocenters. The quantitative estimate of drug-likeness (QED) is 0.255. The van der Waals surface area contributed by atoms with Crippen LogP contribution in [0.3, 0.4) is 0 Å². The van der Waals surface area contributed by atoms with Crippen molar-refractivity contribution in [3.8, 4) is 5.88 Å². The molecule has 3 heterocycles. The number of fused-ring (bicyclic) bond motifs is 3. The van der Waals surface area contributed by atoms with Gasteiger partial charge in [-0.1, -0.05) is 0 Å². The van der Waals surface area contributed by atoms with E-state index in [0.29, 0.717) is 29.4 Å². The molecule has 4 rings (SSSR count). The molecule has 1 aliphatic heterocycles. The predicted octanol–water partition coefficient (Wildman–Crippen LogP) is 4.27. The SMILES string of the molecule is C[C@@H]1Cc2c([nH]c3ccc(F)cc23)C(c2c(F)cnc(OCCNCCCF)c2F)N1CC(F)(F)CO. The summed E-state index contributed by atoms with van der Waals surface area (Å²) in [7, 11) is 0. The summed E-state index contributed by atoms with van der Waals surface area (Å²) in [4.78, 5) is 7.94. The highest BCUT2D eigenvalue weighted by atomic mass is 19.3. The average Bonchev–Trinajstić information content (AvgIpc) is 3.21. The fraction of sp³-hybridized carbons (Fsp3) is 0.480. The van der Waals surface area contributed by atoms with E-state index in [2.05, 4.69) is 15.3 Å². The van der Waals surface area contributed by atoms with Gasteiger partial charge in [-0.2, -0.15) is 0 Å². The molecule has 0 bridgehead atoms. The largest absolute Gasteiger partial charge is 0.474 e. The van der Waals surface area contributed by atoms with Gasteiger partial charge in [-0.15, -0.1) is 0 Å². The third-order valence-corrected chi connectivity index (χ3v) is 6.47. The van der Waals surface area contributed by atoms with Crippen molar-refractivity contribution in [3.63, 3.8) is 0 Å². The summed E-state index contributed by atoms with van der Waals surface area (Å²) in [6.45, 7) is -0.694. The number of halogens is 6. The average molecular weight is 531 g/mol. The van der Waals surface area contributed by atoms with Crippen LogP contribution in [0.25, 0.3) is 10.9 Å². The summed E-state index contributed by atoms with van der Waals surface area (Å²) in [6, 6.07) is 1.98. The molecule has 6 nitrogen and oxygen atoms in total. The highest BCUT2D eigenvalue weighted by Crippen LogP contribution is 2.44. The van der Waals surface area contributed by atoms with Gasteiger partial charge in [0.2, 0.25) is 0 Å². The highest BCUT2D eigenvalue weighted by molar-refractivity contribution is 5.85. The number of hydrogen-bond acceptors (Lipinski definition) is 5. The Morgan fingerprint density at radius 2 is 2.03 bits per heavy atom. The summed E-state index contributed by atoms with van der Waals surface area (Å²) >= 11 is 0. The number of benzene rings is 1. The zero-order chi connectivity index (χ0) is 26.7. The van der Waals surface area contributed by atoms with Crippen molar-refractivity contribution in [2.24, 2.45) is 0 Å². The number of H-pyrrole nitrogens is 1. The first-order valence-corrected chi connectivity index (χ1v) is 11.9. The molecule has 0 aliphatic carbocycles. The van der Waals surface area contributed by atoms with Crippen molar-refractivity contribution in [3.05, 3.63) is 58.7 Å². The number of hydrogen-bond donors (Lipinski definition) is 3. The Bertz CT molecular complexity index is 1240. The van der Waals surface area contributed by atoms with E-state index in [-0.39, 0.29) is 25.3 Å². The number of nitrogens with zero attached hydrogens (tertiary/aromatic N) is 2. The molecule has 0 radical (unpaired) electrons. The molecule has 0 saturated carbocycles. The lowest BCUT2D eigenvalue weighted by molar-refractivity contribution is -0.0869. The number of ether oxygens (including phenoxy) is 1. The zero-order valence-electron chi connectivity index (χ0n) is 20.1. The van der Waals surface area contributed by atoms with Gasteiger partial charge >= 0.3 is 0 Å². The first-order valence-electron chi connectivity index (χ1n) is 11.9. The van der Waals surface area contributed by atoms with E-state index in [4.69, 9.17) is 4.74 Å². The molecule has 1 aliphatic rings. The zero-order valence-corrected chi connectivity index (χ0v) is 20.1. The van der Waals surface area contributed by atoms with E-state index in [9.17, 15) is 22.7 Å². The van der Waals surface area contributed by atoms with Crippen LogP contribution in [0.2, 0.25) is 0 Å². The molecule has 3 N–H and O–H groups in total. The fourth-order valence-corrected chi connectivity index (χ4v) is 4.75. The van der Waals surface area contributed by atoms with Gasteiger partial charge in [0, 0.05) is 29.2 Å². The smallest absolute Gasteiger partial charge is 0.283 e. The Morgan fingerprint density at radius 1 is 1.24 bits per heavy atom. The van der Waals surface area contributed by atoms with Gasteiger partial charge in [-0.25, -0.2) is 26.9 Å². The number of aromatic nitrogens is 2. The molecular formula is C25H28F6N4O2. The molecular weight excluding hydrogens is 502 g/mol. The third kappa shape index (κ3) is 5.70. The van der Waals surface area contributed by atoms with Crippen LogP contribution < -0.4 is 10.1 Å². The van der Waals surface area contributed by atoms with E-state index < -0.39 is 66.7 Å². The van der Waals surface area contributed by atoms with Gasteiger partial charge in [0.25, 0.3) is 11.8 Å². The molecule has 0 fully saturated rings. The Balaban J connectivity index is 1.77. The van der Waals surface area contributed by atoms with Crippen molar-refractivity contribution >= 4 is 10.9 Å². The maximum absolute atomic E-state index is 15.7. The second kappa shape index (κ2) is 11.3. The highest BCUT2D eigenvalue weighted by Gasteiger charge is 2.44. The van der Waals surface area contributed by atoms with Gasteiger partial charge in [-0.05, 0) is 50.1 Å². The van der Waals surface area contributed by atoms with Gasteiger partial charge in [0.15, 0.2) is 5.82 Å². The molecule has 1 unspecified atom stereocenters. The summed E-state index contributed by atoms with van der Waals surface area (Å²) < 4.78 is 91.4. The summed E-state index contributed by atoms with van der Waals surface area (Å²) in [6.07, 6.45) is 1.27. The van der Waals surface area contributed by atoms with E-state index in [1.165, 1.54) is 23.1 Å². The van der Waals surface area contributed by atoms with Crippen LogP contribution in [0.15, 0.2) is 24.4 Å². The minimum absolute atomic E-state index is 0.0500. The van der Waals surface area contributed by atoms with Crippen LogP contribution in [0.4, 0.5) is 26.3 Å². The molecule has 1 aromatic carbocycles. The maximum Gasteiger partial charge on any atom is 0.283 e. The van der Waals surface area contributed by atoms with Crippen molar-refractivity contribution < 1.29 is 36.2 Å². The Morgan fingerprint density at radius 3 is 2.76 bits per heavy atom. The first-order chi connectivity index (χ1) is 17.7. The minimum atomic E-state index is -3.55. The summed E-state index contributed by atoms with van der Waals surface area (Å²) in [5, 5.41) is 12.6. The predicted molar refractivity (Wildman–Crippen MR) is 125 cm³/mol. The van der Waals surface area contributed by atoms with Gasteiger partial charge < -0.3 is 20.1 Å². The van der Waals surface area contributed by atoms with Crippen molar-refractivity contribution in [1.82, 2.24) is 20.2 Å². The molecule has 202 valence electrons. The summed E-state index contributed by atoms with van der Waals surface area (Å²) in [5.74, 6) is -6.80. The van der Waals surface area contributed by atoms with E-state index in [1.54, 1.807) is 6.92 Å². The van der Waals surface area contributed by atoms with Crippen LogP contribution in [-0.2, 0) is 6.42 Å². The molecule has 37 heavy (non-hydrogen) atoms. The van der Waals surface area contributed by atoms with Crippen molar-refractivity contribution in [1.29, 1.82) is 0 Å². The van der Waals surface area contributed by atoms with Crippen LogP contribution >= 0.6 is 0 Å². The number of alkyl halides is 3. The lowest BCUT2D eigenvalue weighted by Gasteiger charge is -2.42. The fourth-order valence-electron chi connectivity index (χ4n) is 4.75. The van der Waals surface area contributed by atoms with Crippen molar-refractivity contribution in [2.75, 3.05) is 39.5 Å². The van der Waals surface area contributed by atoms with Gasteiger partial charge in [0.1, 0.15) is 24.8 Å². The van der Waals surface area contributed by atoms with Crippen molar-refractivity contribution in [2.45, 2.75) is 37.8 Å². The monoisotopic (exact) mass is 530 g/mol. The molecule has 12 heteroatoms. The maximum atomic E-state index is 15.7. The first kappa shape index (κ1) is 27.2. The second-order valence-electron chi connectivity index (χ2n) is 9.13. The van der Waals surface area contributed by atoms with Crippen LogP contribution in [-0.4, -0.2) is 71.5 Å². The normalized spacial score (nSPS) is 18.4. The van der Waals surface area contributed by atoms with Crippen LogP contribution in [0.5, 0.6) is 5.88 Å². The van der Waals surface area contributed by atoms with Crippen LogP contribution in [0.1, 0.15) is 36.2 Å². The molecule has 3 aromatic rings. The number of rotatable bonds is 11. The lowest BCUT2D eigenvalue weighted by Crippen LogP contribution is -2.49. The third-order valence-electron chi connectivity index (χ3n) is 6.47. The number of pyridine rings is 1. The van der Waals surface area contributed by atoms with Gasteiger partial charge in [0.05, 0.1) is 31.0 Å². The van der Waals surface area contributed by atoms with Crippen LogP contribution in [0, 0.1) is 17.5 Å². The lowest BCUT2D eigenvalue weighted by atomic mass is 9.88. The number of aliphatic hydroxyl groups excluding tert-OH is 1. The minimum Gasteiger partial charge on any atom is -0.474 e. The topological polar surface area (TPSA) is 73.4 Å².